The van der Waals surface area contributed by atoms with E-state index in [9.17, 15) is 14.4 Å². The van der Waals surface area contributed by atoms with E-state index in [-0.39, 0.29) is 25.2 Å². The highest BCUT2D eigenvalue weighted by Gasteiger charge is 2.35. The monoisotopic (exact) mass is 201 g/mol. The molecule has 0 aromatic heterocycles. The number of amides is 1. The summed E-state index contributed by atoms with van der Waals surface area (Å²) in [5.74, 6) is -0.785. The average Bonchev–Trinajstić information content (AvgIpc) is 2.16. The minimum atomic E-state index is -1.27. The van der Waals surface area contributed by atoms with Gasteiger partial charge in [-0.2, -0.15) is 0 Å². The molecule has 0 aliphatic carbocycles. The van der Waals surface area contributed by atoms with Crippen LogP contribution in [-0.4, -0.2) is 47.5 Å². The van der Waals surface area contributed by atoms with Crippen molar-refractivity contribution in [2.24, 2.45) is 0 Å². The first-order chi connectivity index (χ1) is 6.56. The van der Waals surface area contributed by atoms with Crippen molar-refractivity contribution in [1.82, 2.24) is 4.90 Å². The number of rotatable bonds is 1. The molecule has 0 aromatic carbocycles. The standard InChI is InChI=1S/C8H11NO5/c1-14-7(11)6-3-2-5(10)4-9(6)8(12)13/h6H,2-4H2,1H3,(H,12,13). The van der Waals surface area contributed by atoms with E-state index in [2.05, 4.69) is 4.74 Å². The SMILES string of the molecule is COC(=O)C1CCC(=O)CN1C(=O)O. The van der Waals surface area contributed by atoms with Crippen molar-refractivity contribution in [3.05, 3.63) is 0 Å². The minimum absolute atomic E-state index is 0.174. The highest BCUT2D eigenvalue weighted by molar-refractivity contribution is 5.89. The fourth-order valence-corrected chi connectivity index (χ4v) is 1.41. The Morgan fingerprint density at radius 2 is 2.21 bits per heavy atom. The molecule has 78 valence electrons. The lowest BCUT2D eigenvalue weighted by molar-refractivity contribution is -0.148. The molecule has 0 bridgehead atoms. The molecule has 1 saturated heterocycles. The number of carboxylic acid groups (broad SMARTS) is 1. The summed E-state index contributed by atoms with van der Waals surface area (Å²) < 4.78 is 4.45. The van der Waals surface area contributed by atoms with Gasteiger partial charge in [-0.15, -0.1) is 0 Å². The van der Waals surface area contributed by atoms with Gasteiger partial charge in [0.25, 0.3) is 0 Å². The van der Waals surface area contributed by atoms with Crippen LogP contribution in [0.25, 0.3) is 0 Å². The van der Waals surface area contributed by atoms with Crippen LogP contribution in [0.2, 0.25) is 0 Å². The van der Waals surface area contributed by atoms with Crippen molar-refractivity contribution < 1.29 is 24.2 Å². The maximum atomic E-state index is 11.1. The number of ether oxygens (including phenoxy) is 1. The fourth-order valence-electron chi connectivity index (χ4n) is 1.41. The summed E-state index contributed by atoms with van der Waals surface area (Å²) in [6.07, 6.45) is -0.838. The molecule has 0 spiro atoms. The van der Waals surface area contributed by atoms with Gasteiger partial charge in [-0.05, 0) is 6.42 Å². The van der Waals surface area contributed by atoms with Crippen LogP contribution in [0, 0.1) is 0 Å². The molecule has 1 amide bonds. The molecule has 1 aliphatic rings. The molecule has 1 aliphatic heterocycles. The molecule has 1 fully saturated rings. The third kappa shape index (κ3) is 2.01. The van der Waals surface area contributed by atoms with Crippen LogP contribution in [0.3, 0.4) is 0 Å². The van der Waals surface area contributed by atoms with Gasteiger partial charge in [0.1, 0.15) is 6.04 Å². The Bertz CT molecular complexity index is 275. The molecule has 14 heavy (non-hydrogen) atoms. The Hall–Kier alpha value is -1.59. The lowest BCUT2D eigenvalue weighted by Crippen LogP contribution is -2.50. The smallest absolute Gasteiger partial charge is 0.408 e. The van der Waals surface area contributed by atoms with Crippen LogP contribution >= 0.6 is 0 Å². The van der Waals surface area contributed by atoms with E-state index >= 15 is 0 Å². The molecule has 0 aromatic rings. The lowest BCUT2D eigenvalue weighted by Gasteiger charge is -2.30. The summed E-state index contributed by atoms with van der Waals surface area (Å²) in [7, 11) is 1.19. The number of hydrogen-bond donors (Lipinski definition) is 1. The summed E-state index contributed by atoms with van der Waals surface area (Å²) in [5, 5.41) is 8.74. The molecule has 1 atom stereocenters. The van der Waals surface area contributed by atoms with Gasteiger partial charge < -0.3 is 9.84 Å². The number of carbonyl (C=O) groups excluding carboxylic acids is 2. The van der Waals surface area contributed by atoms with Gasteiger partial charge in [-0.1, -0.05) is 0 Å². The normalized spacial score (nSPS) is 21.9. The van der Waals surface area contributed by atoms with E-state index in [1.54, 1.807) is 0 Å². The summed E-state index contributed by atoms with van der Waals surface area (Å²) in [4.78, 5) is 33.6. The summed E-state index contributed by atoms with van der Waals surface area (Å²) in [6, 6.07) is -0.838. The predicted octanol–water partition coefficient (Wildman–Crippen LogP) is -0.129. The van der Waals surface area contributed by atoms with Crippen molar-refractivity contribution in [3.63, 3.8) is 0 Å². The number of hydrogen-bond acceptors (Lipinski definition) is 4. The molecule has 0 saturated carbocycles. The molecule has 1 unspecified atom stereocenters. The lowest BCUT2D eigenvalue weighted by atomic mass is 10.0. The maximum Gasteiger partial charge on any atom is 0.408 e. The van der Waals surface area contributed by atoms with E-state index in [0.717, 1.165) is 4.90 Å². The molecule has 6 nitrogen and oxygen atoms in total. The van der Waals surface area contributed by atoms with Gasteiger partial charge in [-0.3, -0.25) is 9.69 Å². The first-order valence-electron chi connectivity index (χ1n) is 4.15. The van der Waals surface area contributed by atoms with Gasteiger partial charge in [0, 0.05) is 6.42 Å². The van der Waals surface area contributed by atoms with Crippen LogP contribution in [0.4, 0.5) is 4.79 Å². The minimum Gasteiger partial charge on any atom is -0.467 e. The van der Waals surface area contributed by atoms with Gasteiger partial charge in [-0.25, -0.2) is 9.59 Å². The van der Waals surface area contributed by atoms with Gasteiger partial charge in [0.2, 0.25) is 0 Å². The highest BCUT2D eigenvalue weighted by Crippen LogP contribution is 2.15. The number of nitrogens with zero attached hydrogens (tertiary/aromatic N) is 1. The van der Waals surface area contributed by atoms with E-state index in [4.69, 9.17) is 5.11 Å². The van der Waals surface area contributed by atoms with Gasteiger partial charge in [0.15, 0.2) is 5.78 Å². The molecule has 1 N–H and O–H groups in total. The van der Waals surface area contributed by atoms with Crippen LogP contribution in [-0.2, 0) is 14.3 Å². The van der Waals surface area contributed by atoms with Gasteiger partial charge >= 0.3 is 12.1 Å². The molecular weight excluding hydrogens is 190 g/mol. The predicted molar refractivity (Wildman–Crippen MR) is 44.8 cm³/mol. The molecular formula is C8H11NO5. The third-order valence-corrected chi connectivity index (χ3v) is 2.14. The average molecular weight is 201 g/mol. The van der Waals surface area contributed by atoms with Crippen LogP contribution in [0.1, 0.15) is 12.8 Å². The van der Waals surface area contributed by atoms with Crippen LogP contribution < -0.4 is 0 Å². The van der Waals surface area contributed by atoms with E-state index < -0.39 is 18.1 Å². The second-order valence-corrected chi connectivity index (χ2v) is 3.03. The molecule has 1 heterocycles. The van der Waals surface area contributed by atoms with Crippen molar-refractivity contribution in [2.75, 3.05) is 13.7 Å². The van der Waals surface area contributed by atoms with Crippen molar-refractivity contribution in [3.8, 4) is 0 Å². The third-order valence-electron chi connectivity index (χ3n) is 2.14. The Balaban J connectivity index is 2.77. The summed E-state index contributed by atoms with van der Waals surface area (Å²) in [6.45, 7) is -0.227. The number of piperidine rings is 1. The Kier molecular flexibility index (Phi) is 3.06. The maximum absolute atomic E-state index is 11.1. The van der Waals surface area contributed by atoms with Crippen molar-refractivity contribution in [2.45, 2.75) is 18.9 Å². The number of Topliss-reactive ketones (excluding diaryl/α,β-unsaturated/α-hetero) is 1. The number of esters is 1. The van der Waals surface area contributed by atoms with E-state index in [1.165, 1.54) is 7.11 Å². The van der Waals surface area contributed by atoms with E-state index in [0.29, 0.717) is 0 Å². The highest BCUT2D eigenvalue weighted by atomic mass is 16.5. The zero-order chi connectivity index (χ0) is 10.7. The second-order valence-electron chi connectivity index (χ2n) is 3.03. The number of carbonyl (C=O) groups is 3. The zero-order valence-corrected chi connectivity index (χ0v) is 7.73. The molecule has 0 radical (unpaired) electrons. The molecule has 1 rings (SSSR count). The summed E-state index contributed by atoms with van der Waals surface area (Å²) in [5.41, 5.74) is 0. The number of ketones is 1. The van der Waals surface area contributed by atoms with Crippen molar-refractivity contribution in [1.29, 1.82) is 0 Å². The Labute approximate surface area is 80.4 Å². The van der Waals surface area contributed by atoms with Crippen LogP contribution in [0.5, 0.6) is 0 Å². The largest absolute Gasteiger partial charge is 0.467 e. The topological polar surface area (TPSA) is 83.9 Å². The van der Waals surface area contributed by atoms with Crippen LogP contribution in [0.15, 0.2) is 0 Å². The first kappa shape index (κ1) is 10.5. The second kappa shape index (κ2) is 4.08. The first-order valence-corrected chi connectivity index (χ1v) is 4.15. The fraction of sp³-hybridized carbons (Fsp3) is 0.625. The van der Waals surface area contributed by atoms with Gasteiger partial charge in [0.05, 0.1) is 13.7 Å². The molecule has 6 heteroatoms. The van der Waals surface area contributed by atoms with E-state index in [1.807, 2.05) is 0 Å². The number of likely N-dealkylation sites (tertiary alicyclic amines) is 1. The van der Waals surface area contributed by atoms with Crippen molar-refractivity contribution >= 4 is 17.8 Å². The Morgan fingerprint density at radius 3 is 2.71 bits per heavy atom. The quantitative estimate of drug-likeness (QED) is 0.597. The Morgan fingerprint density at radius 1 is 1.57 bits per heavy atom. The number of methoxy groups -OCH3 is 1. The summed E-state index contributed by atoms with van der Waals surface area (Å²) >= 11 is 0. The zero-order valence-electron chi connectivity index (χ0n) is 7.73.